The van der Waals surface area contributed by atoms with Crippen LogP contribution < -0.4 is 11.1 Å². The minimum absolute atomic E-state index is 0.122. The summed E-state index contributed by atoms with van der Waals surface area (Å²) < 4.78 is 12.0. The number of carbonyl (C=O) groups excluding carboxylic acids is 3. The summed E-state index contributed by atoms with van der Waals surface area (Å²) in [5.41, 5.74) is -1.00. The molecule has 0 saturated carbocycles. The maximum absolute atomic E-state index is 12.5. The molecule has 172 valence electrons. The van der Waals surface area contributed by atoms with E-state index >= 15 is 0 Å². The van der Waals surface area contributed by atoms with Crippen LogP contribution in [0.3, 0.4) is 0 Å². The molecule has 0 amide bonds. The van der Waals surface area contributed by atoms with Gasteiger partial charge in [-0.15, -0.1) is 0 Å². The lowest BCUT2D eigenvalue weighted by atomic mass is 10.1. The molecule has 0 bridgehead atoms. The van der Waals surface area contributed by atoms with Crippen LogP contribution in [0.1, 0.15) is 21.0 Å². The smallest absolute Gasteiger partial charge is 0.359 e. The van der Waals surface area contributed by atoms with Crippen molar-refractivity contribution >= 4 is 39.3 Å². The Morgan fingerprint density at radius 3 is 1.41 bits per heavy atom. The van der Waals surface area contributed by atoms with Gasteiger partial charge < -0.3 is 9.47 Å². The Balaban J connectivity index is 1.43. The van der Waals surface area contributed by atoms with E-state index in [0.29, 0.717) is 10.8 Å². The molecule has 34 heavy (non-hydrogen) atoms. The summed E-state index contributed by atoms with van der Waals surface area (Å²) in [6.07, 6.45) is 0. The van der Waals surface area contributed by atoms with Gasteiger partial charge in [0.1, 0.15) is 0 Å². The van der Waals surface area contributed by atoms with E-state index in [9.17, 15) is 24.0 Å². The van der Waals surface area contributed by atoms with Crippen molar-refractivity contribution in [2.45, 2.75) is 0 Å². The molecule has 2 aromatic carbocycles. The number of carbonyl (C=O) groups is 3. The number of aryl methyl sites for hydroxylation is 2. The summed E-state index contributed by atoms with van der Waals surface area (Å²) in [6, 6.07) is 12.8. The van der Waals surface area contributed by atoms with Crippen LogP contribution in [0.15, 0.2) is 58.1 Å². The van der Waals surface area contributed by atoms with Gasteiger partial charge in [-0.2, -0.15) is 10.2 Å². The maximum atomic E-state index is 12.5. The van der Waals surface area contributed by atoms with E-state index in [1.807, 2.05) is 0 Å². The lowest BCUT2D eigenvalue weighted by Crippen LogP contribution is -2.26. The number of benzene rings is 2. The fraction of sp³-hybridized carbons (Fsp3) is 0.174. The summed E-state index contributed by atoms with van der Waals surface area (Å²) in [5.74, 6) is -2.50. The normalized spacial score (nSPS) is 10.9. The maximum Gasteiger partial charge on any atom is 0.359 e. The van der Waals surface area contributed by atoms with Crippen LogP contribution in [0.4, 0.5) is 0 Å². The number of ketones is 1. The molecule has 0 unspecified atom stereocenters. The van der Waals surface area contributed by atoms with Crippen molar-refractivity contribution < 1.29 is 23.9 Å². The van der Waals surface area contributed by atoms with Gasteiger partial charge in [0.25, 0.3) is 11.1 Å². The van der Waals surface area contributed by atoms with E-state index in [4.69, 9.17) is 9.47 Å². The zero-order valence-corrected chi connectivity index (χ0v) is 18.2. The molecular weight excluding hydrogens is 444 g/mol. The number of fused-ring (bicyclic) bond motifs is 2. The van der Waals surface area contributed by atoms with Crippen molar-refractivity contribution in [2.75, 3.05) is 13.2 Å². The summed E-state index contributed by atoms with van der Waals surface area (Å²) in [7, 11) is 2.79. The molecule has 4 aromatic rings. The molecule has 4 rings (SSSR count). The fourth-order valence-corrected chi connectivity index (χ4v) is 3.37. The largest absolute Gasteiger partial charge is 0.453 e. The van der Waals surface area contributed by atoms with Gasteiger partial charge in [-0.25, -0.2) is 19.0 Å². The van der Waals surface area contributed by atoms with Crippen molar-refractivity contribution in [3.63, 3.8) is 0 Å². The van der Waals surface area contributed by atoms with E-state index < -0.39 is 30.9 Å². The van der Waals surface area contributed by atoms with Crippen LogP contribution in [-0.2, 0) is 28.4 Å². The van der Waals surface area contributed by atoms with E-state index in [1.54, 1.807) is 48.5 Å². The van der Waals surface area contributed by atoms with Crippen LogP contribution in [0.5, 0.6) is 0 Å². The number of hydrogen-bond donors (Lipinski definition) is 0. The molecule has 11 nitrogen and oxygen atoms in total. The number of ether oxygens (including phenoxy) is 2. The lowest BCUT2D eigenvalue weighted by Gasteiger charge is -2.09. The van der Waals surface area contributed by atoms with Gasteiger partial charge in [0.05, 0.1) is 10.8 Å². The minimum atomic E-state index is -0.905. The second-order valence-electron chi connectivity index (χ2n) is 7.34. The Morgan fingerprint density at radius 2 is 1.03 bits per heavy atom. The average molecular weight is 462 g/mol. The molecule has 0 spiro atoms. The standard InChI is InChI=1S/C23H18N4O7/c1-26-20(29)16-9-5-3-7-14(16)18(24-26)22(31)33-11-13(28)12-34-23(32)19-15-8-4-6-10-17(15)21(30)27(2)25-19/h3-10H,11-12H2,1-2H3. The highest BCUT2D eigenvalue weighted by Gasteiger charge is 2.20. The summed E-state index contributed by atoms with van der Waals surface area (Å²) in [5, 5.41) is 9.02. The number of aromatic nitrogens is 4. The molecule has 0 atom stereocenters. The number of nitrogens with zero attached hydrogens (tertiary/aromatic N) is 4. The molecule has 11 heteroatoms. The quantitative estimate of drug-likeness (QED) is 0.380. The monoisotopic (exact) mass is 462 g/mol. The van der Waals surface area contributed by atoms with Gasteiger partial charge in [-0.3, -0.25) is 14.4 Å². The van der Waals surface area contributed by atoms with Crippen LogP contribution in [0.2, 0.25) is 0 Å². The molecule has 0 fully saturated rings. The van der Waals surface area contributed by atoms with Gasteiger partial charge in [-0.05, 0) is 12.1 Å². The number of esters is 2. The SMILES string of the molecule is Cn1nc(C(=O)OCC(=O)COC(=O)c2nn(C)c(=O)c3ccccc23)c2ccccc2c1=O. The Hall–Kier alpha value is -4.67. The zero-order valence-electron chi connectivity index (χ0n) is 18.2. The summed E-state index contributed by atoms with van der Waals surface area (Å²) in [4.78, 5) is 61.5. The first-order valence-electron chi connectivity index (χ1n) is 10.1. The van der Waals surface area contributed by atoms with Crippen molar-refractivity contribution in [1.29, 1.82) is 0 Å². The van der Waals surface area contributed by atoms with Gasteiger partial charge in [0.15, 0.2) is 24.6 Å². The van der Waals surface area contributed by atoms with Crippen LogP contribution >= 0.6 is 0 Å². The van der Waals surface area contributed by atoms with Crippen molar-refractivity contribution in [3.8, 4) is 0 Å². The molecular formula is C23H18N4O7. The predicted octanol–water partition coefficient (Wildman–Crippen LogP) is 0.763. The predicted molar refractivity (Wildman–Crippen MR) is 120 cm³/mol. The highest BCUT2D eigenvalue weighted by Crippen LogP contribution is 2.15. The van der Waals surface area contributed by atoms with Crippen molar-refractivity contribution in [1.82, 2.24) is 19.6 Å². The molecule has 0 radical (unpaired) electrons. The number of Topliss-reactive ketones (excluding diaryl/α,β-unsaturated/α-hetero) is 1. The van der Waals surface area contributed by atoms with E-state index in [-0.39, 0.29) is 33.3 Å². The Kier molecular flexibility index (Phi) is 6.00. The first kappa shape index (κ1) is 22.5. The average Bonchev–Trinajstić information content (AvgIpc) is 2.85. The third-order valence-corrected chi connectivity index (χ3v) is 5.03. The highest BCUT2D eigenvalue weighted by atomic mass is 16.6. The first-order chi connectivity index (χ1) is 16.3. The topological polar surface area (TPSA) is 139 Å². The molecule has 2 heterocycles. The van der Waals surface area contributed by atoms with Crippen molar-refractivity contribution in [3.05, 3.63) is 80.6 Å². The Labute approximate surface area is 191 Å². The third-order valence-electron chi connectivity index (χ3n) is 5.03. The molecule has 0 N–H and O–H groups in total. The molecule has 0 aliphatic carbocycles. The van der Waals surface area contributed by atoms with E-state index in [2.05, 4.69) is 10.2 Å². The summed E-state index contributed by atoms with van der Waals surface area (Å²) >= 11 is 0. The van der Waals surface area contributed by atoms with Crippen LogP contribution in [0, 0.1) is 0 Å². The van der Waals surface area contributed by atoms with Gasteiger partial charge >= 0.3 is 11.9 Å². The van der Waals surface area contributed by atoms with Crippen LogP contribution in [-0.4, -0.2) is 50.5 Å². The van der Waals surface area contributed by atoms with Gasteiger partial charge in [-0.1, -0.05) is 36.4 Å². The third kappa shape index (κ3) is 4.18. The Morgan fingerprint density at radius 1 is 0.676 bits per heavy atom. The fourth-order valence-electron chi connectivity index (χ4n) is 3.37. The van der Waals surface area contributed by atoms with E-state index in [1.165, 1.54) is 14.1 Å². The second kappa shape index (κ2) is 9.06. The Bertz CT molecular complexity index is 1470. The molecule has 0 aliphatic rings. The van der Waals surface area contributed by atoms with Gasteiger partial charge in [0, 0.05) is 24.9 Å². The van der Waals surface area contributed by atoms with Gasteiger partial charge in [0.2, 0.25) is 5.78 Å². The molecule has 0 aliphatic heterocycles. The highest BCUT2D eigenvalue weighted by molar-refractivity contribution is 6.04. The zero-order chi connectivity index (χ0) is 24.4. The first-order valence-corrected chi connectivity index (χ1v) is 10.1. The van der Waals surface area contributed by atoms with E-state index in [0.717, 1.165) is 9.36 Å². The van der Waals surface area contributed by atoms with Crippen LogP contribution in [0.25, 0.3) is 21.5 Å². The van der Waals surface area contributed by atoms with Crippen molar-refractivity contribution in [2.24, 2.45) is 14.1 Å². The number of rotatable bonds is 6. The lowest BCUT2D eigenvalue weighted by molar-refractivity contribution is -0.125. The second-order valence-corrected chi connectivity index (χ2v) is 7.34. The number of hydrogen-bond acceptors (Lipinski definition) is 9. The molecule has 2 aromatic heterocycles. The minimum Gasteiger partial charge on any atom is -0.453 e. The molecule has 0 saturated heterocycles. The summed E-state index contributed by atoms with van der Waals surface area (Å²) in [6.45, 7) is -1.35.